The molecule has 2 aromatic rings. The summed E-state index contributed by atoms with van der Waals surface area (Å²) in [4.78, 5) is 15.0. The van der Waals surface area contributed by atoms with Gasteiger partial charge in [0.15, 0.2) is 11.5 Å². The van der Waals surface area contributed by atoms with Crippen LogP contribution in [0.5, 0.6) is 17.5 Å². The fourth-order valence-electron chi connectivity index (χ4n) is 1.98. The monoisotopic (exact) mass is 366 g/mol. The molecule has 0 aliphatic carbocycles. The van der Waals surface area contributed by atoms with Crippen LogP contribution in [0.25, 0.3) is 0 Å². The molecule has 0 radical (unpaired) electrons. The zero-order chi connectivity index (χ0) is 16.1. The van der Waals surface area contributed by atoms with E-state index < -0.39 is 0 Å². The molecule has 6 nitrogen and oxygen atoms in total. The van der Waals surface area contributed by atoms with Crippen LogP contribution in [-0.2, 0) is 0 Å². The molecule has 0 spiro atoms. The van der Waals surface area contributed by atoms with Crippen LogP contribution in [0.1, 0.15) is 19.7 Å². The molecule has 0 aliphatic heterocycles. The van der Waals surface area contributed by atoms with E-state index in [4.69, 9.17) is 9.47 Å². The van der Waals surface area contributed by atoms with Gasteiger partial charge in [-0.3, -0.25) is 0 Å². The lowest BCUT2D eigenvalue weighted by molar-refractivity contribution is 0.365. The van der Waals surface area contributed by atoms with Crippen molar-refractivity contribution < 1.29 is 9.47 Å². The molecule has 2 rings (SSSR count). The van der Waals surface area contributed by atoms with Gasteiger partial charge in [-0.05, 0) is 48.8 Å². The fraction of sp³-hybridized carbons (Fsp3) is 0.400. The van der Waals surface area contributed by atoms with E-state index in [1.165, 1.54) is 0 Å². The maximum Gasteiger partial charge on any atom is 0.327 e. The number of anilines is 1. The topological polar surface area (TPSA) is 60.4 Å². The quantitative estimate of drug-likeness (QED) is 0.778. The van der Waals surface area contributed by atoms with E-state index in [0.717, 1.165) is 17.6 Å². The number of nitrogens with zero attached hydrogens (tertiary/aromatic N) is 4. The first-order chi connectivity index (χ1) is 10.6. The predicted octanol–water partition coefficient (Wildman–Crippen LogP) is 3.59. The predicted molar refractivity (Wildman–Crippen MR) is 88.9 cm³/mol. The molecule has 0 saturated heterocycles. The Kier molecular flexibility index (Phi) is 5.54. The first kappa shape index (κ1) is 16.5. The third kappa shape index (κ3) is 3.65. The van der Waals surface area contributed by atoms with Gasteiger partial charge >= 0.3 is 6.01 Å². The fourth-order valence-corrected chi connectivity index (χ4v) is 2.41. The zero-order valence-corrected chi connectivity index (χ0v) is 14.7. The van der Waals surface area contributed by atoms with Crippen molar-refractivity contribution in [3.8, 4) is 17.5 Å². The number of methoxy groups -OCH3 is 1. The number of ether oxygens (including phenoxy) is 2. The van der Waals surface area contributed by atoms with E-state index in [1.54, 1.807) is 7.11 Å². The second-order valence-electron chi connectivity index (χ2n) is 4.51. The van der Waals surface area contributed by atoms with Crippen molar-refractivity contribution >= 4 is 21.9 Å². The average molecular weight is 367 g/mol. The number of aryl methyl sites for hydroxylation is 1. The van der Waals surface area contributed by atoms with Gasteiger partial charge in [-0.2, -0.15) is 15.0 Å². The third-order valence-corrected chi connectivity index (χ3v) is 3.73. The molecular formula is C15H19BrN4O2. The third-order valence-electron chi connectivity index (χ3n) is 3.11. The Bertz CT molecular complexity index is 647. The van der Waals surface area contributed by atoms with Crippen molar-refractivity contribution in [1.82, 2.24) is 15.0 Å². The van der Waals surface area contributed by atoms with Crippen molar-refractivity contribution in [3.05, 3.63) is 28.5 Å². The molecule has 1 aromatic heterocycles. The van der Waals surface area contributed by atoms with Gasteiger partial charge in [-0.15, -0.1) is 0 Å². The van der Waals surface area contributed by atoms with Crippen LogP contribution in [0, 0.1) is 6.92 Å². The van der Waals surface area contributed by atoms with Gasteiger partial charge in [0.2, 0.25) is 5.95 Å². The lowest BCUT2D eigenvalue weighted by Gasteiger charge is -2.19. The van der Waals surface area contributed by atoms with E-state index in [1.807, 2.05) is 30.0 Å². The summed E-state index contributed by atoms with van der Waals surface area (Å²) in [6.45, 7) is 7.56. The van der Waals surface area contributed by atoms with Crippen LogP contribution in [0.4, 0.5) is 5.95 Å². The molecule has 0 unspecified atom stereocenters. The molecule has 0 N–H and O–H groups in total. The van der Waals surface area contributed by atoms with Gasteiger partial charge in [0.25, 0.3) is 0 Å². The van der Waals surface area contributed by atoms with E-state index in [0.29, 0.717) is 23.3 Å². The maximum atomic E-state index is 5.83. The van der Waals surface area contributed by atoms with E-state index in [9.17, 15) is 0 Å². The standard InChI is InChI=1S/C15H19BrN4O2/c1-5-20(6-2)14-17-10(3)18-15(19-14)22-13-11(16)8-7-9-12(13)21-4/h7-9H,5-6H2,1-4H3. The molecule has 1 heterocycles. The smallest absolute Gasteiger partial charge is 0.327 e. The Morgan fingerprint density at radius 2 is 1.86 bits per heavy atom. The summed E-state index contributed by atoms with van der Waals surface area (Å²) >= 11 is 3.45. The first-order valence-electron chi connectivity index (χ1n) is 7.07. The molecule has 1 aromatic carbocycles. The minimum Gasteiger partial charge on any atom is -0.493 e. The first-order valence-corrected chi connectivity index (χ1v) is 7.86. The minimum atomic E-state index is 0.250. The summed E-state index contributed by atoms with van der Waals surface area (Å²) in [6, 6.07) is 5.81. The largest absolute Gasteiger partial charge is 0.493 e. The number of aromatic nitrogens is 3. The minimum absolute atomic E-state index is 0.250. The normalized spacial score (nSPS) is 10.4. The van der Waals surface area contributed by atoms with E-state index >= 15 is 0 Å². The van der Waals surface area contributed by atoms with Crippen molar-refractivity contribution in [2.45, 2.75) is 20.8 Å². The Morgan fingerprint density at radius 3 is 2.50 bits per heavy atom. The highest BCUT2D eigenvalue weighted by Gasteiger charge is 2.15. The molecule has 0 saturated carbocycles. The maximum absolute atomic E-state index is 5.83. The summed E-state index contributed by atoms with van der Waals surface area (Å²) in [5.41, 5.74) is 0. The van der Waals surface area contributed by atoms with Crippen LogP contribution in [0.2, 0.25) is 0 Å². The summed E-state index contributed by atoms with van der Waals surface area (Å²) in [6.07, 6.45) is 0. The number of rotatable bonds is 6. The molecule has 0 fully saturated rings. The molecule has 0 amide bonds. The molecular weight excluding hydrogens is 348 g/mol. The molecule has 7 heteroatoms. The molecule has 0 aliphatic rings. The summed E-state index contributed by atoms with van der Waals surface area (Å²) in [5, 5.41) is 0. The number of para-hydroxylation sites is 1. The van der Waals surface area contributed by atoms with Crippen LogP contribution >= 0.6 is 15.9 Å². The van der Waals surface area contributed by atoms with Gasteiger partial charge in [0.1, 0.15) is 5.82 Å². The van der Waals surface area contributed by atoms with Gasteiger partial charge < -0.3 is 14.4 Å². The molecule has 0 atom stereocenters. The molecule has 22 heavy (non-hydrogen) atoms. The average Bonchev–Trinajstić information content (AvgIpc) is 2.50. The van der Waals surface area contributed by atoms with Crippen LogP contribution in [-0.4, -0.2) is 35.2 Å². The highest BCUT2D eigenvalue weighted by Crippen LogP contribution is 2.37. The summed E-state index contributed by atoms with van der Waals surface area (Å²) in [7, 11) is 1.59. The van der Waals surface area contributed by atoms with Crippen LogP contribution in [0.3, 0.4) is 0 Å². The van der Waals surface area contributed by atoms with Crippen molar-refractivity contribution in [3.63, 3.8) is 0 Å². The van der Waals surface area contributed by atoms with Gasteiger partial charge in [-0.25, -0.2) is 0 Å². The second-order valence-corrected chi connectivity index (χ2v) is 5.37. The highest BCUT2D eigenvalue weighted by molar-refractivity contribution is 9.10. The Labute approximate surface area is 138 Å². The number of hydrogen-bond acceptors (Lipinski definition) is 6. The summed E-state index contributed by atoms with van der Waals surface area (Å²) in [5.74, 6) is 2.37. The number of benzene rings is 1. The Hall–Kier alpha value is -1.89. The van der Waals surface area contributed by atoms with E-state index in [-0.39, 0.29) is 6.01 Å². The van der Waals surface area contributed by atoms with E-state index in [2.05, 4.69) is 44.7 Å². The van der Waals surface area contributed by atoms with Crippen LogP contribution in [0.15, 0.2) is 22.7 Å². The van der Waals surface area contributed by atoms with Crippen molar-refractivity contribution in [1.29, 1.82) is 0 Å². The van der Waals surface area contributed by atoms with Crippen molar-refractivity contribution in [2.24, 2.45) is 0 Å². The Balaban J connectivity index is 2.38. The molecule has 0 bridgehead atoms. The Morgan fingerprint density at radius 1 is 1.14 bits per heavy atom. The van der Waals surface area contributed by atoms with Crippen LogP contribution < -0.4 is 14.4 Å². The highest BCUT2D eigenvalue weighted by atomic mass is 79.9. The number of halogens is 1. The second kappa shape index (κ2) is 7.40. The van der Waals surface area contributed by atoms with Crippen molar-refractivity contribution in [2.75, 3.05) is 25.1 Å². The number of hydrogen-bond donors (Lipinski definition) is 0. The van der Waals surface area contributed by atoms with Gasteiger partial charge in [0.05, 0.1) is 11.6 Å². The lowest BCUT2D eigenvalue weighted by atomic mass is 10.3. The summed E-state index contributed by atoms with van der Waals surface area (Å²) < 4.78 is 11.9. The van der Waals surface area contributed by atoms with Gasteiger partial charge in [-0.1, -0.05) is 6.07 Å². The van der Waals surface area contributed by atoms with Gasteiger partial charge in [0, 0.05) is 13.1 Å². The zero-order valence-electron chi connectivity index (χ0n) is 13.1. The molecule has 118 valence electrons. The lowest BCUT2D eigenvalue weighted by Crippen LogP contribution is -2.24. The SMILES string of the molecule is CCN(CC)c1nc(C)nc(Oc2c(Br)cccc2OC)n1.